The van der Waals surface area contributed by atoms with Crippen LogP contribution in [0.4, 0.5) is 4.39 Å². The first-order valence-electron chi connectivity index (χ1n) is 9.96. The van der Waals surface area contributed by atoms with Crippen LogP contribution in [0.25, 0.3) is 11.3 Å². The second-order valence-corrected chi connectivity index (χ2v) is 9.02. The third-order valence-corrected chi connectivity index (χ3v) is 6.15. The van der Waals surface area contributed by atoms with Gasteiger partial charge in [-0.15, -0.1) is 11.3 Å². The minimum atomic E-state index is -0.244. The van der Waals surface area contributed by atoms with E-state index in [1.807, 2.05) is 18.3 Å². The molecule has 1 aliphatic rings. The molecular weight excluding hydrogens is 385 g/mol. The molecule has 152 valence electrons. The highest BCUT2D eigenvalue weighted by Gasteiger charge is 2.23. The number of thiazole rings is 1. The van der Waals surface area contributed by atoms with Crippen LogP contribution in [0.1, 0.15) is 34.5 Å². The van der Waals surface area contributed by atoms with Gasteiger partial charge in [0.25, 0.3) is 0 Å². The predicted molar refractivity (Wildman–Crippen MR) is 114 cm³/mol. The highest BCUT2D eigenvalue weighted by molar-refractivity contribution is 7.11. The maximum atomic E-state index is 13.5. The largest absolute Gasteiger partial charge is 0.304 e. The highest BCUT2D eigenvalue weighted by atomic mass is 32.1. The highest BCUT2D eigenvalue weighted by Crippen LogP contribution is 2.28. The second-order valence-electron chi connectivity index (χ2n) is 7.82. The molecule has 3 heterocycles. The average Bonchev–Trinajstić information content (AvgIpc) is 3.15. The molecule has 4 rings (SSSR count). The van der Waals surface area contributed by atoms with Crippen LogP contribution in [-0.4, -0.2) is 51.9 Å². The lowest BCUT2D eigenvalue weighted by molar-refractivity contribution is 0.201. The summed E-state index contributed by atoms with van der Waals surface area (Å²) in [7, 11) is 4.16. The fourth-order valence-electron chi connectivity index (χ4n) is 3.73. The summed E-state index contributed by atoms with van der Waals surface area (Å²) in [4.78, 5) is 19.8. The number of piperidine rings is 1. The number of aromatic nitrogens is 3. The lowest BCUT2D eigenvalue weighted by Gasteiger charge is -2.30. The summed E-state index contributed by atoms with van der Waals surface area (Å²) in [5.74, 6) is 0.973. The van der Waals surface area contributed by atoms with Crippen LogP contribution in [0, 0.1) is 5.82 Å². The predicted octanol–water partition coefficient (Wildman–Crippen LogP) is 4.18. The van der Waals surface area contributed by atoms with Crippen LogP contribution in [-0.2, 0) is 13.1 Å². The molecule has 1 fully saturated rings. The molecule has 1 saturated heterocycles. The monoisotopic (exact) mass is 411 g/mol. The maximum absolute atomic E-state index is 13.5. The molecule has 0 saturated carbocycles. The van der Waals surface area contributed by atoms with Crippen molar-refractivity contribution in [1.82, 2.24) is 24.8 Å². The maximum Gasteiger partial charge on any atom is 0.132 e. The van der Waals surface area contributed by atoms with Gasteiger partial charge >= 0.3 is 0 Å². The molecule has 5 nitrogen and oxygen atoms in total. The van der Waals surface area contributed by atoms with E-state index in [1.165, 1.54) is 22.0 Å². The average molecular weight is 412 g/mol. The van der Waals surface area contributed by atoms with E-state index in [-0.39, 0.29) is 5.82 Å². The van der Waals surface area contributed by atoms with Gasteiger partial charge in [-0.2, -0.15) is 0 Å². The van der Waals surface area contributed by atoms with E-state index in [1.54, 1.807) is 23.6 Å². The van der Waals surface area contributed by atoms with Crippen LogP contribution < -0.4 is 0 Å². The van der Waals surface area contributed by atoms with Gasteiger partial charge in [-0.3, -0.25) is 4.90 Å². The Hall–Kier alpha value is -2.22. The Bertz CT molecular complexity index is 950. The molecule has 0 N–H and O–H groups in total. The van der Waals surface area contributed by atoms with Gasteiger partial charge in [0.05, 0.1) is 12.2 Å². The summed E-state index contributed by atoms with van der Waals surface area (Å²) in [6.07, 6.45) is 5.85. The quantitative estimate of drug-likeness (QED) is 0.609. The number of likely N-dealkylation sites (tertiary alicyclic amines) is 1. The number of benzene rings is 1. The zero-order valence-corrected chi connectivity index (χ0v) is 17.7. The smallest absolute Gasteiger partial charge is 0.132 e. The number of nitrogens with zero attached hydrogens (tertiary/aromatic N) is 5. The second kappa shape index (κ2) is 9.07. The van der Waals surface area contributed by atoms with Gasteiger partial charge < -0.3 is 4.90 Å². The van der Waals surface area contributed by atoms with Crippen LogP contribution in [0.5, 0.6) is 0 Å². The molecule has 0 atom stereocenters. The van der Waals surface area contributed by atoms with E-state index < -0.39 is 0 Å². The van der Waals surface area contributed by atoms with Crippen molar-refractivity contribution in [2.45, 2.75) is 31.8 Å². The fourth-order valence-corrected chi connectivity index (χ4v) is 4.81. The molecule has 1 aliphatic heterocycles. The summed E-state index contributed by atoms with van der Waals surface area (Å²) >= 11 is 1.80. The van der Waals surface area contributed by atoms with E-state index in [9.17, 15) is 4.39 Å². The Kier molecular flexibility index (Phi) is 6.28. The first-order valence-corrected chi connectivity index (χ1v) is 10.8. The first-order chi connectivity index (χ1) is 14.1. The molecule has 2 aromatic heterocycles. The molecule has 3 aromatic rings. The molecule has 0 aliphatic carbocycles. The summed E-state index contributed by atoms with van der Waals surface area (Å²) < 4.78 is 13.5. The van der Waals surface area contributed by atoms with Crippen molar-refractivity contribution in [2.75, 3.05) is 27.2 Å². The number of rotatable bonds is 6. The van der Waals surface area contributed by atoms with Gasteiger partial charge in [0.15, 0.2) is 0 Å². The van der Waals surface area contributed by atoms with Gasteiger partial charge in [0.2, 0.25) is 0 Å². The molecule has 0 radical (unpaired) electrons. The molecule has 0 bridgehead atoms. The Morgan fingerprint density at radius 2 is 2.00 bits per heavy atom. The van der Waals surface area contributed by atoms with E-state index in [2.05, 4.69) is 33.9 Å². The van der Waals surface area contributed by atoms with Crippen molar-refractivity contribution in [3.63, 3.8) is 0 Å². The normalized spacial score (nSPS) is 15.9. The van der Waals surface area contributed by atoms with Gasteiger partial charge in [-0.25, -0.2) is 19.3 Å². The van der Waals surface area contributed by atoms with Crippen LogP contribution >= 0.6 is 11.3 Å². The topological polar surface area (TPSA) is 45.2 Å². The van der Waals surface area contributed by atoms with Crippen LogP contribution in [0.15, 0.2) is 42.7 Å². The number of halogens is 1. The van der Waals surface area contributed by atoms with Gasteiger partial charge in [-0.05, 0) is 58.2 Å². The number of hydrogen-bond donors (Lipinski definition) is 0. The van der Waals surface area contributed by atoms with Crippen molar-refractivity contribution < 1.29 is 4.39 Å². The van der Waals surface area contributed by atoms with Gasteiger partial charge in [-0.1, -0.05) is 12.1 Å². The third-order valence-electron chi connectivity index (χ3n) is 5.18. The standard InChI is InChI=1S/C22H26FN5S/c1-27(2)14-19-13-25-21(29-19)15-28-10-7-16(8-11-28)22-24-9-6-20(26-22)17-4-3-5-18(23)12-17/h3-6,9,12-13,16H,7-8,10-11,14-15H2,1-2H3. The van der Waals surface area contributed by atoms with Crippen molar-refractivity contribution in [3.8, 4) is 11.3 Å². The summed E-state index contributed by atoms with van der Waals surface area (Å²) in [5.41, 5.74) is 1.58. The van der Waals surface area contributed by atoms with Crippen molar-refractivity contribution >= 4 is 11.3 Å². The van der Waals surface area contributed by atoms with Gasteiger partial charge in [0, 0.05) is 35.3 Å². The van der Waals surface area contributed by atoms with E-state index in [4.69, 9.17) is 4.98 Å². The SMILES string of the molecule is CN(C)Cc1cnc(CN2CCC(c3nccc(-c4cccc(F)c4)n3)CC2)s1. The zero-order valence-electron chi connectivity index (χ0n) is 16.9. The van der Waals surface area contributed by atoms with Crippen molar-refractivity contribution in [3.05, 3.63) is 64.3 Å². The molecule has 7 heteroatoms. The molecule has 1 aromatic carbocycles. The summed E-state index contributed by atoms with van der Waals surface area (Å²) in [5, 5.41) is 1.18. The Morgan fingerprint density at radius 3 is 2.76 bits per heavy atom. The summed E-state index contributed by atoms with van der Waals surface area (Å²) in [6.45, 7) is 3.88. The van der Waals surface area contributed by atoms with Crippen LogP contribution in [0.2, 0.25) is 0 Å². The fraction of sp³-hybridized carbons (Fsp3) is 0.409. The molecule has 0 amide bonds. The minimum Gasteiger partial charge on any atom is -0.304 e. The Morgan fingerprint density at radius 1 is 1.17 bits per heavy atom. The zero-order chi connectivity index (χ0) is 20.2. The van der Waals surface area contributed by atoms with Crippen molar-refractivity contribution in [2.24, 2.45) is 0 Å². The van der Waals surface area contributed by atoms with E-state index in [0.29, 0.717) is 5.92 Å². The number of hydrogen-bond acceptors (Lipinski definition) is 6. The van der Waals surface area contributed by atoms with Crippen molar-refractivity contribution in [1.29, 1.82) is 0 Å². The summed E-state index contributed by atoms with van der Waals surface area (Å²) in [6, 6.07) is 8.42. The first kappa shape index (κ1) is 20.1. The Labute approximate surface area is 175 Å². The molecule has 29 heavy (non-hydrogen) atoms. The van der Waals surface area contributed by atoms with Gasteiger partial charge in [0.1, 0.15) is 16.6 Å². The molecule has 0 spiro atoms. The molecule has 0 unspecified atom stereocenters. The molecular formula is C22H26FN5S. The lowest BCUT2D eigenvalue weighted by atomic mass is 9.95. The van der Waals surface area contributed by atoms with E-state index in [0.717, 1.165) is 56.1 Å². The lowest BCUT2D eigenvalue weighted by Crippen LogP contribution is -2.33. The Balaban J connectivity index is 1.36. The van der Waals surface area contributed by atoms with E-state index >= 15 is 0 Å². The third kappa shape index (κ3) is 5.23. The minimum absolute atomic E-state index is 0.244. The van der Waals surface area contributed by atoms with Crippen LogP contribution in [0.3, 0.4) is 0 Å².